The number of anilines is 2. The normalized spacial score (nSPS) is 14.1. The Morgan fingerprint density at radius 3 is 2.92 bits per heavy atom. The summed E-state index contributed by atoms with van der Waals surface area (Å²) in [6, 6.07) is 5.95. The van der Waals surface area contributed by atoms with Crippen LogP contribution < -0.4 is 10.2 Å². The zero-order chi connectivity index (χ0) is 17.4. The highest BCUT2D eigenvalue weighted by Crippen LogP contribution is 2.31. The van der Waals surface area contributed by atoms with Crippen molar-refractivity contribution in [1.29, 1.82) is 0 Å². The predicted molar refractivity (Wildman–Crippen MR) is 97.1 cm³/mol. The molecule has 0 fully saturated rings. The number of fused-ring (bicyclic) bond motifs is 1. The Morgan fingerprint density at radius 1 is 1.38 bits per heavy atom. The Morgan fingerprint density at radius 2 is 2.21 bits per heavy atom. The van der Waals surface area contributed by atoms with Gasteiger partial charge in [0.25, 0.3) is 0 Å². The molecular formula is C18H25N3O3. The van der Waals surface area contributed by atoms with Gasteiger partial charge in [-0.1, -0.05) is 12.1 Å². The Hall–Kier alpha value is -2.34. The maximum Gasteiger partial charge on any atom is 0.411 e. The predicted octanol–water partition coefficient (Wildman–Crippen LogP) is 3.24. The van der Waals surface area contributed by atoms with Gasteiger partial charge in [0, 0.05) is 31.2 Å². The topological polar surface area (TPSA) is 63.2 Å². The van der Waals surface area contributed by atoms with Crippen LogP contribution in [0.15, 0.2) is 35.0 Å². The molecule has 0 saturated heterocycles. The molecule has 0 aliphatic carbocycles. The van der Waals surface area contributed by atoms with Crippen LogP contribution in [-0.2, 0) is 15.9 Å². The number of benzene rings is 1. The molecule has 1 aliphatic heterocycles. The van der Waals surface area contributed by atoms with Crippen molar-refractivity contribution in [1.82, 2.24) is 0 Å². The van der Waals surface area contributed by atoms with Crippen LogP contribution in [0.5, 0.6) is 0 Å². The molecule has 0 saturated carbocycles. The van der Waals surface area contributed by atoms with Gasteiger partial charge < -0.3 is 14.4 Å². The second-order valence-electron chi connectivity index (χ2n) is 5.44. The maximum absolute atomic E-state index is 11.7. The van der Waals surface area contributed by atoms with E-state index in [2.05, 4.69) is 21.3 Å². The van der Waals surface area contributed by atoms with Gasteiger partial charge in [0.2, 0.25) is 0 Å². The smallest absolute Gasteiger partial charge is 0.411 e. The Labute approximate surface area is 143 Å². The lowest BCUT2D eigenvalue weighted by molar-refractivity contribution is 0.107. The number of allylic oxidation sites excluding steroid dienone is 1. The average Bonchev–Trinajstić information content (AvgIpc) is 2.97. The zero-order valence-corrected chi connectivity index (χ0v) is 14.5. The molecule has 0 spiro atoms. The number of nitrogens with zero attached hydrogens (tertiary/aromatic N) is 2. The van der Waals surface area contributed by atoms with Gasteiger partial charge in [0.1, 0.15) is 6.61 Å². The number of carbonyl (C=O) groups excluding carboxylic acids is 1. The van der Waals surface area contributed by atoms with Crippen molar-refractivity contribution in [2.45, 2.75) is 20.3 Å². The minimum absolute atomic E-state index is 0.235. The molecule has 0 aromatic heterocycles. The summed E-state index contributed by atoms with van der Waals surface area (Å²) in [5.74, 6) is 0. The van der Waals surface area contributed by atoms with E-state index in [1.165, 1.54) is 5.56 Å². The molecule has 0 bridgehead atoms. The van der Waals surface area contributed by atoms with Crippen molar-refractivity contribution < 1.29 is 14.3 Å². The average molecular weight is 331 g/mol. The summed E-state index contributed by atoms with van der Waals surface area (Å²) in [5, 5.41) is 2.76. The lowest BCUT2D eigenvalue weighted by Gasteiger charge is -2.20. The van der Waals surface area contributed by atoms with Crippen LogP contribution in [0.4, 0.5) is 16.2 Å². The standard InChI is InChI=1S/C18H25N3O3/c1-4-15(19-5-2)13-21-9-8-14-6-7-16(12-17(14)21)20-18(22)24-11-10-23-3/h4-7,12H,8-11,13H2,1-3H3,(H,20,22)/b15-4-,19-5?. The molecule has 0 radical (unpaired) electrons. The molecule has 0 atom stereocenters. The van der Waals surface area contributed by atoms with Gasteiger partial charge >= 0.3 is 6.09 Å². The van der Waals surface area contributed by atoms with Gasteiger partial charge in [0.05, 0.1) is 18.8 Å². The number of amides is 1. The fourth-order valence-corrected chi connectivity index (χ4v) is 2.63. The third-order valence-electron chi connectivity index (χ3n) is 3.83. The van der Waals surface area contributed by atoms with Crippen LogP contribution in [0, 0.1) is 0 Å². The van der Waals surface area contributed by atoms with E-state index < -0.39 is 6.09 Å². The summed E-state index contributed by atoms with van der Waals surface area (Å²) >= 11 is 0. The molecule has 130 valence electrons. The molecule has 1 aromatic carbocycles. The minimum Gasteiger partial charge on any atom is -0.447 e. The molecule has 1 aliphatic rings. The fraction of sp³-hybridized carbons (Fsp3) is 0.444. The fourth-order valence-electron chi connectivity index (χ4n) is 2.63. The van der Waals surface area contributed by atoms with Crippen LogP contribution in [0.3, 0.4) is 0 Å². The van der Waals surface area contributed by atoms with E-state index >= 15 is 0 Å². The van der Waals surface area contributed by atoms with Gasteiger partial charge in [-0.15, -0.1) is 0 Å². The van der Waals surface area contributed by atoms with Crippen LogP contribution in [-0.4, -0.2) is 45.7 Å². The highest BCUT2D eigenvalue weighted by atomic mass is 16.6. The van der Waals surface area contributed by atoms with Crippen molar-refractivity contribution in [3.8, 4) is 0 Å². The SMILES string of the molecule is CC=N/C(=C\C)CN1CCc2ccc(NC(=O)OCCOC)cc21. The first-order chi connectivity index (χ1) is 11.7. The Bertz CT molecular complexity index is 626. The van der Waals surface area contributed by atoms with E-state index in [0.29, 0.717) is 6.61 Å². The molecule has 6 nitrogen and oxygen atoms in total. The van der Waals surface area contributed by atoms with Crippen molar-refractivity contribution in [2.24, 2.45) is 4.99 Å². The van der Waals surface area contributed by atoms with Crippen molar-refractivity contribution in [2.75, 3.05) is 43.6 Å². The lowest BCUT2D eigenvalue weighted by atomic mass is 10.1. The second kappa shape index (κ2) is 9.08. The Balaban J connectivity index is 2.03. The number of hydrogen-bond acceptors (Lipinski definition) is 5. The third-order valence-corrected chi connectivity index (χ3v) is 3.83. The van der Waals surface area contributed by atoms with E-state index in [9.17, 15) is 4.79 Å². The van der Waals surface area contributed by atoms with Crippen LogP contribution in [0.2, 0.25) is 0 Å². The molecule has 1 amide bonds. The quantitative estimate of drug-likeness (QED) is 0.615. The maximum atomic E-state index is 11.7. The number of nitrogens with one attached hydrogen (secondary N) is 1. The molecular weight excluding hydrogens is 306 g/mol. The van der Waals surface area contributed by atoms with E-state index in [1.807, 2.05) is 32.1 Å². The number of ether oxygens (including phenoxy) is 2. The molecule has 2 rings (SSSR count). The number of rotatable bonds is 7. The highest BCUT2D eigenvalue weighted by Gasteiger charge is 2.20. The van der Waals surface area contributed by atoms with E-state index in [0.717, 1.165) is 36.6 Å². The number of aliphatic imine (C=N–C) groups is 1. The Kier molecular flexibility index (Phi) is 6.81. The van der Waals surface area contributed by atoms with Crippen molar-refractivity contribution >= 4 is 23.7 Å². The second-order valence-corrected chi connectivity index (χ2v) is 5.44. The molecule has 24 heavy (non-hydrogen) atoms. The zero-order valence-electron chi connectivity index (χ0n) is 14.5. The number of carbonyl (C=O) groups is 1. The number of hydrogen-bond donors (Lipinski definition) is 1. The summed E-state index contributed by atoms with van der Waals surface area (Å²) in [5.41, 5.74) is 4.17. The van der Waals surface area contributed by atoms with Gasteiger partial charge in [-0.25, -0.2) is 4.79 Å². The van der Waals surface area contributed by atoms with E-state index in [1.54, 1.807) is 13.3 Å². The van der Waals surface area contributed by atoms with Gasteiger partial charge in [-0.05, 0) is 38.0 Å². The monoisotopic (exact) mass is 331 g/mol. The summed E-state index contributed by atoms with van der Waals surface area (Å²) in [4.78, 5) is 18.4. The molecule has 6 heteroatoms. The van der Waals surface area contributed by atoms with Gasteiger partial charge in [-0.3, -0.25) is 10.3 Å². The summed E-state index contributed by atoms with van der Waals surface area (Å²) in [6.07, 6.45) is 4.36. The summed E-state index contributed by atoms with van der Waals surface area (Å²) in [7, 11) is 1.57. The van der Waals surface area contributed by atoms with Gasteiger partial charge in [0.15, 0.2) is 0 Å². The molecule has 1 aromatic rings. The summed E-state index contributed by atoms with van der Waals surface area (Å²) < 4.78 is 9.89. The van der Waals surface area contributed by atoms with E-state index in [4.69, 9.17) is 9.47 Å². The highest BCUT2D eigenvalue weighted by molar-refractivity contribution is 5.86. The molecule has 1 heterocycles. The largest absolute Gasteiger partial charge is 0.447 e. The first kappa shape index (κ1) is 18.0. The first-order valence-corrected chi connectivity index (χ1v) is 8.12. The van der Waals surface area contributed by atoms with Crippen molar-refractivity contribution in [3.63, 3.8) is 0 Å². The van der Waals surface area contributed by atoms with Crippen LogP contribution in [0.25, 0.3) is 0 Å². The number of methoxy groups -OCH3 is 1. The third kappa shape index (κ3) is 4.83. The summed E-state index contributed by atoms with van der Waals surface area (Å²) in [6.45, 7) is 6.24. The molecule has 1 N–H and O–H groups in total. The van der Waals surface area contributed by atoms with Crippen LogP contribution in [0.1, 0.15) is 19.4 Å². The van der Waals surface area contributed by atoms with Gasteiger partial charge in [-0.2, -0.15) is 0 Å². The lowest BCUT2D eigenvalue weighted by Crippen LogP contribution is -2.23. The first-order valence-electron chi connectivity index (χ1n) is 8.12. The van der Waals surface area contributed by atoms with E-state index in [-0.39, 0.29) is 6.61 Å². The molecule has 0 unspecified atom stereocenters. The van der Waals surface area contributed by atoms with Crippen LogP contribution >= 0.6 is 0 Å². The minimum atomic E-state index is -0.471. The van der Waals surface area contributed by atoms with Crippen molar-refractivity contribution in [3.05, 3.63) is 35.5 Å².